The molecule has 0 amide bonds. The molecular formula is C20H19N5O3S. The van der Waals surface area contributed by atoms with Crippen LogP contribution < -0.4 is 4.74 Å². The molecular weight excluding hydrogens is 390 g/mol. The van der Waals surface area contributed by atoms with Gasteiger partial charge in [0.15, 0.2) is 17.0 Å². The van der Waals surface area contributed by atoms with Crippen LogP contribution in [-0.2, 0) is 11.3 Å². The second kappa shape index (κ2) is 7.86. The zero-order valence-corrected chi connectivity index (χ0v) is 16.5. The fourth-order valence-corrected chi connectivity index (χ4v) is 4.23. The summed E-state index contributed by atoms with van der Waals surface area (Å²) in [4.78, 5) is 28.2. The summed E-state index contributed by atoms with van der Waals surface area (Å²) in [5.74, 6) is 1.46. The Labute approximate surface area is 170 Å². The molecule has 0 bridgehead atoms. The number of hydrogen-bond acceptors (Lipinski definition) is 9. The van der Waals surface area contributed by atoms with Gasteiger partial charge in [-0.25, -0.2) is 9.97 Å². The van der Waals surface area contributed by atoms with Crippen LogP contribution in [0.15, 0.2) is 41.1 Å². The molecule has 5 rings (SSSR count). The summed E-state index contributed by atoms with van der Waals surface area (Å²) in [6, 6.07) is 7.65. The molecule has 1 aliphatic rings. The second-order valence-electron chi connectivity index (χ2n) is 6.92. The zero-order valence-electron chi connectivity index (χ0n) is 15.7. The molecule has 4 aromatic rings. The van der Waals surface area contributed by atoms with Crippen LogP contribution in [0, 0.1) is 0 Å². The summed E-state index contributed by atoms with van der Waals surface area (Å²) < 4.78 is 12.8. The molecule has 0 saturated carbocycles. The Hall–Kier alpha value is -2.88. The Kier molecular flexibility index (Phi) is 4.92. The number of carbonyl (C=O) groups excluding carboxylic acids is 1. The van der Waals surface area contributed by atoms with E-state index in [1.807, 2.05) is 24.3 Å². The van der Waals surface area contributed by atoms with Crippen LogP contribution in [0.5, 0.6) is 10.9 Å². The maximum absolute atomic E-state index is 10.6. The van der Waals surface area contributed by atoms with Gasteiger partial charge >= 0.3 is 0 Å². The Balaban J connectivity index is 1.28. The van der Waals surface area contributed by atoms with E-state index in [0.29, 0.717) is 28.7 Å². The number of hydrogen-bond donors (Lipinski definition) is 0. The van der Waals surface area contributed by atoms with Crippen molar-refractivity contribution in [1.82, 2.24) is 24.8 Å². The quantitative estimate of drug-likeness (QED) is 0.450. The lowest BCUT2D eigenvalue weighted by Gasteiger charge is -2.32. The zero-order chi connectivity index (χ0) is 19.6. The summed E-state index contributed by atoms with van der Waals surface area (Å²) in [7, 11) is 0. The van der Waals surface area contributed by atoms with E-state index in [-0.39, 0.29) is 0 Å². The molecule has 9 heteroatoms. The van der Waals surface area contributed by atoms with Gasteiger partial charge in [0.1, 0.15) is 17.6 Å². The van der Waals surface area contributed by atoms with Gasteiger partial charge in [0.2, 0.25) is 0 Å². The Bertz CT molecular complexity index is 1120. The first kappa shape index (κ1) is 18.2. The van der Waals surface area contributed by atoms with Gasteiger partial charge in [-0.05, 0) is 12.1 Å². The molecule has 148 valence electrons. The maximum Gasteiger partial charge on any atom is 0.281 e. The average molecular weight is 409 g/mol. The van der Waals surface area contributed by atoms with E-state index in [0.717, 1.165) is 55.0 Å². The van der Waals surface area contributed by atoms with Crippen molar-refractivity contribution in [2.75, 3.05) is 32.7 Å². The highest BCUT2D eigenvalue weighted by atomic mass is 32.1. The van der Waals surface area contributed by atoms with Crippen molar-refractivity contribution < 1.29 is 13.9 Å². The summed E-state index contributed by atoms with van der Waals surface area (Å²) in [5, 5.41) is 0.528. The van der Waals surface area contributed by atoms with E-state index in [9.17, 15) is 4.79 Å². The van der Waals surface area contributed by atoms with Crippen LogP contribution in [0.3, 0.4) is 0 Å². The molecule has 8 nitrogen and oxygen atoms in total. The van der Waals surface area contributed by atoms with E-state index < -0.39 is 0 Å². The van der Waals surface area contributed by atoms with Crippen molar-refractivity contribution in [2.45, 2.75) is 6.54 Å². The standard InChI is InChI=1S/C20H19N5O3S/c26-9-8-24-4-6-25(7-5-24)13-15-10-16-17(27-15)11-14(12-22-16)28-20-23-19-18(29-20)2-1-3-21-19/h1-3,9-12H,4-8,13H2. The molecule has 29 heavy (non-hydrogen) atoms. The first-order chi connectivity index (χ1) is 14.3. The van der Waals surface area contributed by atoms with Gasteiger partial charge in [-0.2, -0.15) is 4.98 Å². The normalized spacial score (nSPS) is 15.9. The lowest BCUT2D eigenvalue weighted by Crippen LogP contribution is -2.46. The van der Waals surface area contributed by atoms with E-state index in [1.165, 1.54) is 11.3 Å². The average Bonchev–Trinajstić information content (AvgIpc) is 3.32. The molecule has 1 aliphatic heterocycles. The molecule has 0 aromatic carbocycles. The van der Waals surface area contributed by atoms with Gasteiger partial charge in [-0.3, -0.25) is 9.80 Å². The third-order valence-corrected chi connectivity index (χ3v) is 5.81. The number of rotatable bonds is 6. The first-order valence-corrected chi connectivity index (χ1v) is 10.2. The number of piperazine rings is 1. The fraction of sp³-hybridized carbons (Fsp3) is 0.300. The van der Waals surface area contributed by atoms with Gasteiger partial charge in [-0.15, -0.1) is 0 Å². The third kappa shape index (κ3) is 3.98. The molecule has 0 unspecified atom stereocenters. The summed E-state index contributed by atoms with van der Waals surface area (Å²) in [6.07, 6.45) is 4.36. The number of aldehydes is 1. The smallest absolute Gasteiger partial charge is 0.281 e. The Morgan fingerprint density at radius 1 is 1.17 bits per heavy atom. The lowest BCUT2D eigenvalue weighted by atomic mass is 10.3. The van der Waals surface area contributed by atoms with E-state index in [4.69, 9.17) is 9.15 Å². The van der Waals surface area contributed by atoms with Gasteiger partial charge in [0, 0.05) is 44.5 Å². The number of thiazole rings is 1. The highest BCUT2D eigenvalue weighted by molar-refractivity contribution is 7.20. The van der Waals surface area contributed by atoms with Crippen molar-refractivity contribution in [1.29, 1.82) is 0 Å². The van der Waals surface area contributed by atoms with Crippen molar-refractivity contribution in [3.63, 3.8) is 0 Å². The Morgan fingerprint density at radius 2 is 2.03 bits per heavy atom. The molecule has 1 fully saturated rings. The van der Waals surface area contributed by atoms with Crippen molar-refractivity contribution in [3.8, 4) is 10.9 Å². The van der Waals surface area contributed by atoms with Gasteiger partial charge in [-0.1, -0.05) is 11.3 Å². The van der Waals surface area contributed by atoms with Crippen molar-refractivity contribution >= 4 is 39.1 Å². The Morgan fingerprint density at radius 3 is 2.86 bits per heavy atom. The van der Waals surface area contributed by atoms with E-state index in [1.54, 1.807) is 12.4 Å². The monoisotopic (exact) mass is 409 g/mol. The minimum Gasteiger partial charge on any atom is -0.458 e. The second-order valence-corrected chi connectivity index (χ2v) is 7.91. The molecule has 0 N–H and O–H groups in total. The topological polar surface area (TPSA) is 84.6 Å². The number of pyridine rings is 2. The van der Waals surface area contributed by atoms with E-state index >= 15 is 0 Å². The molecule has 1 saturated heterocycles. The molecule has 0 atom stereocenters. The minimum absolute atomic E-state index is 0.510. The van der Waals surface area contributed by atoms with Crippen molar-refractivity contribution in [2.24, 2.45) is 0 Å². The van der Waals surface area contributed by atoms with Crippen LogP contribution in [0.1, 0.15) is 5.76 Å². The summed E-state index contributed by atoms with van der Waals surface area (Å²) in [5.41, 5.74) is 2.17. The highest BCUT2D eigenvalue weighted by Crippen LogP contribution is 2.31. The number of nitrogens with zero attached hydrogens (tertiary/aromatic N) is 5. The molecule has 0 spiro atoms. The van der Waals surface area contributed by atoms with Crippen molar-refractivity contribution in [3.05, 3.63) is 42.4 Å². The SMILES string of the molecule is O=CCN1CCN(Cc2cc3ncc(Oc4nc5ncccc5s4)cc3o2)CC1. The van der Waals surface area contributed by atoms with E-state index in [2.05, 4.69) is 24.8 Å². The fourth-order valence-electron chi connectivity index (χ4n) is 3.43. The molecule has 5 heterocycles. The lowest BCUT2D eigenvalue weighted by molar-refractivity contribution is -0.109. The number of ether oxygens (including phenoxy) is 1. The maximum atomic E-state index is 10.6. The molecule has 0 aliphatic carbocycles. The third-order valence-electron chi connectivity index (χ3n) is 4.92. The van der Waals surface area contributed by atoms with Crippen LogP contribution in [0.2, 0.25) is 0 Å². The predicted octanol–water partition coefficient (Wildman–Crippen LogP) is 2.94. The first-order valence-electron chi connectivity index (χ1n) is 9.43. The van der Waals surface area contributed by atoms with Crippen LogP contribution >= 0.6 is 11.3 Å². The molecule has 0 radical (unpaired) electrons. The predicted molar refractivity (Wildman–Crippen MR) is 109 cm³/mol. The van der Waals surface area contributed by atoms with Crippen LogP contribution in [0.4, 0.5) is 0 Å². The largest absolute Gasteiger partial charge is 0.458 e. The number of furan rings is 1. The number of carbonyl (C=O) groups is 1. The number of fused-ring (bicyclic) bond motifs is 2. The highest BCUT2D eigenvalue weighted by Gasteiger charge is 2.18. The summed E-state index contributed by atoms with van der Waals surface area (Å²) >= 11 is 1.44. The van der Waals surface area contributed by atoms with Crippen LogP contribution in [-0.4, -0.2) is 63.8 Å². The van der Waals surface area contributed by atoms with Gasteiger partial charge in [0.25, 0.3) is 5.19 Å². The minimum atomic E-state index is 0.510. The number of aromatic nitrogens is 3. The van der Waals surface area contributed by atoms with Gasteiger partial charge < -0.3 is 13.9 Å². The van der Waals surface area contributed by atoms with Crippen LogP contribution in [0.25, 0.3) is 21.4 Å². The van der Waals surface area contributed by atoms with Gasteiger partial charge in [0.05, 0.1) is 24.0 Å². The summed E-state index contributed by atoms with van der Waals surface area (Å²) in [6.45, 7) is 4.86. The molecule has 4 aromatic heterocycles.